The lowest BCUT2D eigenvalue weighted by Crippen LogP contribution is -2.33. The van der Waals surface area contributed by atoms with Crippen molar-refractivity contribution >= 4 is 28.3 Å². The van der Waals surface area contributed by atoms with Crippen LogP contribution in [0.4, 0.5) is 13.2 Å². The Morgan fingerprint density at radius 2 is 1.80 bits per heavy atom. The Hall–Kier alpha value is -2.60. The standard InChI is InChI=1S/C18H12ClF3N2O/c19-14-5-3-11(4-6-14)16-9-23-8-13-2-1-12(7-15(13)16)17(25)24-10-18(20,21)22/h1-9H,10H2,(H,24,25). The summed E-state index contributed by atoms with van der Waals surface area (Å²) in [6.45, 7) is -1.37. The summed E-state index contributed by atoms with van der Waals surface area (Å²) in [4.78, 5) is 16.2. The Balaban J connectivity index is 2.00. The highest BCUT2D eigenvalue weighted by molar-refractivity contribution is 6.30. The first-order valence-electron chi connectivity index (χ1n) is 7.32. The van der Waals surface area contributed by atoms with E-state index in [2.05, 4.69) is 4.98 Å². The molecule has 1 aromatic heterocycles. The van der Waals surface area contributed by atoms with Crippen molar-refractivity contribution in [1.82, 2.24) is 10.3 Å². The minimum absolute atomic E-state index is 0.151. The number of rotatable bonds is 3. The second kappa shape index (κ2) is 6.72. The molecule has 0 fully saturated rings. The van der Waals surface area contributed by atoms with Gasteiger partial charge in [-0.1, -0.05) is 29.8 Å². The quantitative estimate of drug-likeness (QED) is 0.722. The molecule has 1 heterocycles. The first-order valence-corrected chi connectivity index (χ1v) is 7.70. The van der Waals surface area contributed by atoms with E-state index in [0.29, 0.717) is 5.02 Å². The lowest BCUT2D eigenvalue weighted by atomic mass is 9.99. The molecule has 2 aromatic carbocycles. The number of nitrogens with one attached hydrogen (secondary N) is 1. The summed E-state index contributed by atoms with van der Waals surface area (Å²) in [5.74, 6) is -0.780. The van der Waals surface area contributed by atoms with Crippen LogP contribution in [0.2, 0.25) is 5.02 Å². The van der Waals surface area contributed by atoms with Gasteiger partial charge in [-0.3, -0.25) is 9.78 Å². The number of pyridine rings is 1. The van der Waals surface area contributed by atoms with Gasteiger partial charge >= 0.3 is 6.18 Å². The van der Waals surface area contributed by atoms with Crippen LogP contribution in [-0.4, -0.2) is 23.6 Å². The van der Waals surface area contributed by atoms with Crippen LogP contribution in [0.15, 0.2) is 54.9 Å². The fourth-order valence-corrected chi connectivity index (χ4v) is 2.57. The molecule has 0 spiro atoms. The Labute approximate surface area is 146 Å². The van der Waals surface area contributed by atoms with E-state index < -0.39 is 18.6 Å². The molecule has 0 aliphatic rings. The van der Waals surface area contributed by atoms with Crippen LogP contribution in [0.5, 0.6) is 0 Å². The molecular weight excluding hydrogens is 353 g/mol. The van der Waals surface area contributed by atoms with Crippen molar-refractivity contribution < 1.29 is 18.0 Å². The number of fused-ring (bicyclic) bond motifs is 1. The molecule has 3 rings (SSSR count). The minimum Gasteiger partial charge on any atom is -0.343 e. The predicted octanol–water partition coefficient (Wildman–Crippen LogP) is 4.85. The Bertz CT molecular complexity index is 924. The maximum absolute atomic E-state index is 12.3. The van der Waals surface area contributed by atoms with Gasteiger partial charge in [-0.2, -0.15) is 13.2 Å². The molecule has 0 atom stereocenters. The number of benzene rings is 2. The van der Waals surface area contributed by atoms with Crippen LogP contribution in [0.3, 0.4) is 0 Å². The zero-order valence-corrected chi connectivity index (χ0v) is 13.5. The van der Waals surface area contributed by atoms with E-state index in [1.54, 1.807) is 36.7 Å². The van der Waals surface area contributed by atoms with Crippen molar-refractivity contribution in [2.45, 2.75) is 6.18 Å². The Morgan fingerprint density at radius 3 is 2.48 bits per heavy atom. The Kier molecular flexibility index (Phi) is 4.63. The second-order valence-corrected chi connectivity index (χ2v) is 5.86. The van der Waals surface area contributed by atoms with Gasteiger partial charge in [0, 0.05) is 33.9 Å². The molecule has 0 bridgehead atoms. The molecule has 0 saturated heterocycles. The summed E-state index contributed by atoms with van der Waals surface area (Å²) in [6.07, 6.45) is -1.18. The third kappa shape index (κ3) is 4.09. The average molecular weight is 365 g/mol. The van der Waals surface area contributed by atoms with E-state index in [1.807, 2.05) is 17.4 Å². The van der Waals surface area contributed by atoms with Gasteiger partial charge in [-0.25, -0.2) is 0 Å². The summed E-state index contributed by atoms with van der Waals surface area (Å²) in [7, 11) is 0. The number of alkyl halides is 3. The summed E-state index contributed by atoms with van der Waals surface area (Å²) in [5.41, 5.74) is 1.76. The summed E-state index contributed by atoms with van der Waals surface area (Å²) < 4.78 is 36.8. The zero-order chi connectivity index (χ0) is 18.0. The predicted molar refractivity (Wildman–Crippen MR) is 90.6 cm³/mol. The van der Waals surface area contributed by atoms with Gasteiger partial charge < -0.3 is 5.32 Å². The number of carbonyl (C=O) groups is 1. The normalized spacial score (nSPS) is 11.5. The van der Waals surface area contributed by atoms with Crippen molar-refractivity contribution in [2.24, 2.45) is 0 Å². The van der Waals surface area contributed by atoms with Gasteiger partial charge in [0.25, 0.3) is 5.91 Å². The molecule has 1 N–H and O–H groups in total. The lowest BCUT2D eigenvalue weighted by Gasteiger charge is -2.10. The van der Waals surface area contributed by atoms with Gasteiger partial charge in [0.15, 0.2) is 0 Å². The number of aromatic nitrogens is 1. The third-order valence-corrected chi connectivity index (χ3v) is 3.88. The zero-order valence-electron chi connectivity index (χ0n) is 12.8. The fourth-order valence-electron chi connectivity index (χ4n) is 2.45. The molecule has 7 heteroatoms. The van der Waals surface area contributed by atoms with Crippen molar-refractivity contribution in [3.05, 3.63) is 65.4 Å². The number of halogens is 4. The van der Waals surface area contributed by atoms with Gasteiger partial charge in [0.1, 0.15) is 6.54 Å². The number of carbonyl (C=O) groups excluding carboxylic acids is 1. The molecule has 128 valence electrons. The SMILES string of the molecule is O=C(NCC(F)(F)F)c1ccc2cncc(-c3ccc(Cl)cc3)c2c1. The van der Waals surface area contributed by atoms with Crippen molar-refractivity contribution in [2.75, 3.05) is 6.54 Å². The van der Waals surface area contributed by atoms with Crippen LogP contribution in [0.1, 0.15) is 10.4 Å². The lowest BCUT2D eigenvalue weighted by molar-refractivity contribution is -0.123. The van der Waals surface area contributed by atoms with E-state index in [0.717, 1.165) is 21.9 Å². The molecule has 0 aliphatic heterocycles. The van der Waals surface area contributed by atoms with Gasteiger partial charge in [-0.15, -0.1) is 0 Å². The monoisotopic (exact) mass is 364 g/mol. The van der Waals surface area contributed by atoms with Crippen LogP contribution in [0, 0.1) is 0 Å². The fraction of sp³-hybridized carbons (Fsp3) is 0.111. The summed E-state index contributed by atoms with van der Waals surface area (Å²) in [6, 6.07) is 11.8. The molecule has 3 nitrogen and oxygen atoms in total. The number of nitrogens with zero attached hydrogens (tertiary/aromatic N) is 1. The molecule has 0 radical (unpaired) electrons. The van der Waals surface area contributed by atoms with Crippen LogP contribution >= 0.6 is 11.6 Å². The third-order valence-electron chi connectivity index (χ3n) is 3.63. The highest BCUT2D eigenvalue weighted by atomic mass is 35.5. The highest BCUT2D eigenvalue weighted by Gasteiger charge is 2.27. The molecule has 0 saturated carbocycles. The van der Waals surface area contributed by atoms with Crippen LogP contribution in [-0.2, 0) is 0 Å². The molecule has 0 aliphatic carbocycles. The van der Waals surface area contributed by atoms with E-state index >= 15 is 0 Å². The number of hydrogen-bond acceptors (Lipinski definition) is 2. The largest absolute Gasteiger partial charge is 0.405 e. The molecular formula is C18H12ClF3N2O. The second-order valence-electron chi connectivity index (χ2n) is 5.43. The maximum Gasteiger partial charge on any atom is 0.405 e. The van der Waals surface area contributed by atoms with Crippen molar-refractivity contribution in [1.29, 1.82) is 0 Å². The highest BCUT2D eigenvalue weighted by Crippen LogP contribution is 2.29. The van der Waals surface area contributed by atoms with E-state index in [9.17, 15) is 18.0 Å². The number of hydrogen-bond donors (Lipinski definition) is 1. The van der Waals surface area contributed by atoms with Crippen molar-refractivity contribution in [3.63, 3.8) is 0 Å². The summed E-state index contributed by atoms with van der Waals surface area (Å²) in [5, 5.41) is 3.96. The maximum atomic E-state index is 12.3. The van der Waals surface area contributed by atoms with E-state index in [1.165, 1.54) is 6.07 Å². The first kappa shape index (κ1) is 17.2. The van der Waals surface area contributed by atoms with Crippen LogP contribution in [0.25, 0.3) is 21.9 Å². The number of amides is 1. The minimum atomic E-state index is -4.45. The van der Waals surface area contributed by atoms with Crippen LogP contribution < -0.4 is 5.32 Å². The first-order chi connectivity index (χ1) is 11.8. The smallest absolute Gasteiger partial charge is 0.343 e. The molecule has 3 aromatic rings. The van der Waals surface area contributed by atoms with Gasteiger partial charge in [-0.05, 0) is 35.2 Å². The summed E-state index contributed by atoms with van der Waals surface area (Å²) >= 11 is 5.90. The van der Waals surface area contributed by atoms with E-state index in [-0.39, 0.29) is 5.56 Å². The van der Waals surface area contributed by atoms with E-state index in [4.69, 9.17) is 11.6 Å². The average Bonchev–Trinajstić information content (AvgIpc) is 2.59. The molecule has 25 heavy (non-hydrogen) atoms. The van der Waals surface area contributed by atoms with Crippen molar-refractivity contribution in [3.8, 4) is 11.1 Å². The topological polar surface area (TPSA) is 42.0 Å². The van der Waals surface area contributed by atoms with Gasteiger partial charge in [0.05, 0.1) is 0 Å². The molecule has 0 unspecified atom stereocenters. The molecule has 1 amide bonds. The van der Waals surface area contributed by atoms with Gasteiger partial charge in [0.2, 0.25) is 0 Å². The Morgan fingerprint density at radius 1 is 1.08 bits per heavy atom.